The summed E-state index contributed by atoms with van der Waals surface area (Å²) in [6.45, 7) is 8.75. The molecule has 2 heterocycles. The maximum Gasteiger partial charge on any atom is 0.357 e. The summed E-state index contributed by atoms with van der Waals surface area (Å²) in [6.07, 6.45) is 0. The molecule has 0 N–H and O–H groups in total. The highest BCUT2D eigenvalue weighted by Gasteiger charge is 2.28. The molecule has 0 bridgehead atoms. The summed E-state index contributed by atoms with van der Waals surface area (Å²) in [7, 11) is 0. The van der Waals surface area contributed by atoms with Gasteiger partial charge in [0.2, 0.25) is 0 Å². The summed E-state index contributed by atoms with van der Waals surface area (Å²) in [6, 6.07) is 0. The molecule has 2 rings (SSSR count). The van der Waals surface area contributed by atoms with E-state index in [-0.39, 0.29) is 5.97 Å². The van der Waals surface area contributed by atoms with Crippen LogP contribution in [0.2, 0.25) is 0 Å². The quantitative estimate of drug-likeness (QED) is 0.777. The lowest BCUT2D eigenvalue weighted by Crippen LogP contribution is -2.19. The van der Waals surface area contributed by atoms with Crippen LogP contribution in [0.4, 0.5) is 5.13 Å². The minimum absolute atomic E-state index is 0.324. The first-order chi connectivity index (χ1) is 8.11. The molecule has 2 unspecified atom stereocenters. The van der Waals surface area contributed by atoms with E-state index in [1.807, 2.05) is 0 Å². The largest absolute Gasteiger partial charge is 0.461 e. The molecule has 1 fully saturated rings. The van der Waals surface area contributed by atoms with Gasteiger partial charge in [-0.2, -0.15) is 0 Å². The standard InChI is InChI=1S/C12H18N2O2S/c1-4-16-11(15)10-7-17-12(13-10)14-5-8(2)9(3)6-14/h7-9H,4-6H2,1-3H3. The molecule has 17 heavy (non-hydrogen) atoms. The van der Waals surface area contributed by atoms with E-state index in [1.54, 1.807) is 12.3 Å². The van der Waals surface area contributed by atoms with Gasteiger partial charge in [-0.25, -0.2) is 9.78 Å². The molecule has 1 aromatic rings. The van der Waals surface area contributed by atoms with Crippen LogP contribution < -0.4 is 4.90 Å². The Balaban J connectivity index is 2.06. The average Bonchev–Trinajstić information content (AvgIpc) is 2.87. The highest BCUT2D eigenvalue weighted by atomic mass is 32.1. The van der Waals surface area contributed by atoms with Crippen molar-refractivity contribution in [2.45, 2.75) is 20.8 Å². The van der Waals surface area contributed by atoms with Crippen LogP contribution in [0.5, 0.6) is 0 Å². The van der Waals surface area contributed by atoms with E-state index in [1.165, 1.54) is 11.3 Å². The van der Waals surface area contributed by atoms with Gasteiger partial charge in [0.05, 0.1) is 6.61 Å². The zero-order valence-electron chi connectivity index (χ0n) is 10.5. The lowest BCUT2D eigenvalue weighted by atomic mass is 10.0. The lowest BCUT2D eigenvalue weighted by Gasteiger charge is -2.13. The van der Waals surface area contributed by atoms with Gasteiger partial charge in [-0.1, -0.05) is 13.8 Å². The Bertz CT molecular complexity index is 395. The summed E-state index contributed by atoms with van der Waals surface area (Å²) < 4.78 is 4.93. The Labute approximate surface area is 106 Å². The molecule has 0 aliphatic carbocycles. The summed E-state index contributed by atoms with van der Waals surface area (Å²) >= 11 is 1.52. The van der Waals surface area contributed by atoms with Crippen LogP contribution in [0, 0.1) is 11.8 Å². The third-order valence-corrected chi connectivity index (χ3v) is 4.14. The second-order valence-corrected chi connectivity index (χ2v) is 5.43. The molecule has 1 aliphatic rings. The van der Waals surface area contributed by atoms with Crippen molar-refractivity contribution in [1.29, 1.82) is 0 Å². The van der Waals surface area contributed by atoms with Crippen molar-refractivity contribution < 1.29 is 9.53 Å². The molecule has 0 spiro atoms. The number of rotatable bonds is 3. The molecule has 4 nitrogen and oxygen atoms in total. The number of aromatic nitrogens is 1. The fourth-order valence-electron chi connectivity index (χ4n) is 1.99. The normalized spacial score (nSPS) is 24.1. The van der Waals surface area contributed by atoms with Crippen LogP contribution in [-0.2, 0) is 4.74 Å². The zero-order valence-corrected chi connectivity index (χ0v) is 11.3. The maximum absolute atomic E-state index is 11.5. The first-order valence-electron chi connectivity index (χ1n) is 5.99. The Morgan fingerprint density at radius 3 is 2.76 bits per heavy atom. The van der Waals surface area contributed by atoms with Gasteiger partial charge >= 0.3 is 5.97 Å². The van der Waals surface area contributed by atoms with Gasteiger partial charge in [-0.05, 0) is 18.8 Å². The van der Waals surface area contributed by atoms with Crippen molar-refractivity contribution >= 4 is 22.4 Å². The van der Waals surface area contributed by atoms with E-state index >= 15 is 0 Å². The third-order valence-electron chi connectivity index (χ3n) is 3.24. The molecule has 1 saturated heterocycles. The molecule has 5 heteroatoms. The van der Waals surface area contributed by atoms with Gasteiger partial charge in [0, 0.05) is 18.5 Å². The van der Waals surface area contributed by atoms with Crippen molar-refractivity contribution in [3.8, 4) is 0 Å². The molecule has 0 saturated carbocycles. The number of nitrogens with zero attached hydrogens (tertiary/aromatic N) is 2. The van der Waals surface area contributed by atoms with Gasteiger partial charge in [0.15, 0.2) is 10.8 Å². The number of anilines is 1. The molecule has 1 aliphatic heterocycles. The molecule has 2 atom stereocenters. The molecule has 0 amide bonds. The van der Waals surface area contributed by atoms with Gasteiger partial charge in [-0.3, -0.25) is 0 Å². The van der Waals surface area contributed by atoms with Gasteiger partial charge < -0.3 is 9.64 Å². The molecule has 94 valence electrons. The number of ether oxygens (including phenoxy) is 1. The first kappa shape index (κ1) is 12.4. The SMILES string of the molecule is CCOC(=O)c1csc(N2CC(C)C(C)C2)n1. The summed E-state index contributed by atoms with van der Waals surface area (Å²) in [5.41, 5.74) is 0.430. The Hall–Kier alpha value is -1.10. The lowest BCUT2D eigenvalue weighted by molar-refractivity contribution is 0.0520. The number of esters is 1. The van der Waals surface area contributed by atoms with E-state index < -0.39 is 0 Å². The average molecular weight is 254 g/mol. The predicted molar refractivity (Wildman–Crippen MR) is 68.6 cm³/mol. The molecular weight excluding hydrogens is 236 g/mol. The molecule has 0 radical (unpaired) electrons. The minimum atomic E-state index is -0.324. The maximum atomic E-state index is 11.5. The summed E-state index contributed by atoms with van der Waals surface area (Å²) in [5.74, 6) is 1.05. The molecular formula is C12H18N2O2S. The van der Waals surface area contributed by atoms with Crippen molar-refractivity contribution in [3.05, 3.63) is 11.1 Å². The van der Waals surface area contributed by atoms with E-state index in [9.17, 15) is 4.79 Å². The van der Waals surface area contributed by atoms with Crippen LogP contribution in [-0.4, -0.2) is 30.6 Å². The Morgan fingerprint density at radius 1 is 1.53 bits per heavy atom. The van der Waals surface area contributed by atoms with E-state index in [0.717, 1.165) is 18.2 Å². The van der Waals surface area contributed by atoms with E-state index in [2.05, 4.69) is 23.7 Å². The van der Waals surface area contributed by atoms with Crippen LogP contribution >= 0.6 is 11.3 Å². The topological polar surface area (TPSA) is 42.4 Å². The molecule has 1 aromatic heterocycles. The number of hydrogen-bond donors (Lipinski definition) is 0. The highest BCUT2D eigenvalue weighted by molar-refractivity contribution is 7.13. The minimum Gasteiger partial charge on any atom is -0.461 e. The fourth-order valence-corrected chi connectivity index (χ4v) is 2.81. The van der Waals surface area contributed by atoms with Crippen molar-refractivity contribution in [1.82, 2.24) is 4.98 Å². The van der Waals surface area contributed by atoms with Crippen LogP contribution in [0.3, 0.4) is 0 Å². The number of hydrogen-bond acceptors (Lipinski definition) is 5. The summed E-state index contributed by atoms with van der Waals surface area (Å²) in [5, 5.41) is 2.71. The fraction of sp³-hybridized carbons (Fsp3) is 0.667. The predicted octanol–water partition coefficient (Wildman–Crippen LogP) is 2.41. The van der Waals surface area contributed by atoms with Crippen LogP contribution in [0.25, 0.3) is 0 Å². The monoisotopic (exact) mass is 254 g/mol. The van der Waals surface area contributed by atoms with E-state index in [0.29, 0.717) is 24.1 Å². The first-order valence-corrected chi connectivity index (χ1v) is 6.87. The third kappa shape index (κ3) is 2.60. The second-order valence-electron chi connectivity index (χ2n) is 4.60. The highest BCUT2D eigenvalue weighted by Crippen LogP contribution is 2.29. The van der Waals surface area contributed by atoms with Gasteiger partial charge in [-0.15, -0.1) is 11.3 Å². The number of thiazole rings is 1. The Morgan fingerprint density at radius 2 is 2.18 bits per heavy atom. The van der Waals surface area contributed by atoms with Gasteiger partial charge in [0.1, 0.15) is 0 Å². The van der Waals surface area contributed by atoms with Gasteiger partial charge in [0.25, 0.3) is 0 Å². The van der Waals surface area contributed by atoms with Crippen molar-refractivity contribution in [3.63, 3.8) is 0 Å². The zero-order chi connectivity index (χ0) is 12.4. The molecule has 0 aromatic carbocycles. The Kier molecular flexibility index (Phi) is 3.66. The van der Waals surface area contributed by atoms with Crippen molar-refractivity contribution in [2.75, 3.05) is 24.6 Å². The number of carbonyl (C=O) groups excluding carboxylic acids is 1. The second kappa shape index (κ2) is 5.04. The van der Waals surface area contributed by atoms with Crippen molar-refractivity contribution in [2.24, 2.45) is 11.8 Å². The van der Waals surface area contributed by atoms with E-state index in [4.69, 9.17) is 4.74 Å². The summed E-state index contributed by atoms with van der Waals surface area (Å²) in [4.78, 5) is 18.1. The van der Waals surface area contributed by atoms with Crippen LogP contribution in [0.1, 0.15) is 31.3 Å². The number of carbonyl (C=O) groups is 1. The van der Waals surface area contributed by atoms with Crippen LogP contribution in [0.15, 0.2) is 5.38 Å². The smallest absolute Gasteiger partial charge is 0.357 e.